The lowest BCUT2D eigenvalue weighted by Gasteiger charge is -2.09. The first-order valence-electron chi connectivity index (χ1n) is 5.39. The number of carbonyl (C=O) groups is 1. The van der Waals surface area contributed by atoms with Crippen LogP contribution >= 0.6 is 22.6 Å². The van der Waals surface area contributed by atoms with E-state index >= 15 is 0 Å². The molecule has 0 unspecified atom stereocenters. The summed E-state index contributed by atoms with van der Waals surface area (Å²) in [6, 6.07) is 9.35. The van der Waals surface area contributed by atoms with Crippen molar-refractivity contribution in [2.75, 3.05) is 17.7 Å². The van der Waals surface area contributed by atoms with Gasteiger partial charge < -0.3 is 10.6 Å². The molecule has 5 heteroatoms. The third-order valence-corrected chi connectivity index (χ3v) is 3.09. The number of benzene rings is 1. The van der Waals surface area contributed by atoms with E-state index in [1.807, 2.05) is 24.3 Å². The van der Waals surface area contributed by atoms with Crippen molar-refractivity contribution in [3.05, 3.63) is 51.9 Å². The summed E-state index contributed by atoms with van der Waals surface area (Å²) in [7, 11) is 1.76. The van der Waals surface area contributed by atoms with Gasteiger partial charge in [-0.05, 0) is 46.9 Å². The second kappa shape index (κ2) is 5.81. The maximum Gasteiger partial charge on any atom is 0.257 e. The van der Waals surface area contributed by atoms with Gasteiger partial charge in [0.15, 0.2) is 0 Å². The summed E-state index contributed by atoms with van der Waals surface area (Å²) in [5.41, 5.74) is 2.07. The van der Waals surface area contributed by atoms with E-state index in [9.17, 15) is 4.79 Å². The maximum atomic E-state index is 12.1. The van der Waals surface area contributed by atoms with E-state index in [-0.39, 0.29) is 5.91 Å². The van der Waals surface area contributed by atoms with Crippen molar-refractivity contribution in [1.82, 2.24) is 4.98 Å². The van der Waals surface area contributed by atoms with Crippen LogP contribution in [0.5, 0.6) is 0 Å². The van der Waals surface area contributed by atoms with Crippen molar-refractivity contribution < 1.29 is 4.79 Å². The Hall–Kier alpha value is -1.63. The Labute approximate surface area is 119 Å². The standard InChI is InChI=1S/C13H12IN3O/c1-15-12-8-16-6-5-11(12)13(18)17-10-4-2-3-9(14)7-10/h2-8,15H,1H3,(H,17,18). The predicted molar refractivity (Wildman–Crippen MR) is 80.9 cm³/mol. The van der Waals surface area contributed by atoms with Crippen LogP contribution < -0.4 is 10.6 Å². The molecule has 1 amide bonds. The highest BCUT2D eigenvalue weighted by atomic mass is 127. The monoisotopic (exact) mass is 353 g/mol. The van der Waals surface area contributed by atoms with Gasteiger partial charge in [0.2, 0.25) is 0 Å². The Balaban J connectivity index is 2.22. The molecule has 2 aromatic rings. The van der Waals surface area contributed by atoms with Crippen molar-refractivity contribution in [3.63, 3.8) is 0 Å². The molecule has 92 valence electrons. The van der Waals surface area contributed by atoms with Crippen LogP contribution in [0.2, 0.25) is 0 Å². The third-order valence-electron chi connectivity index (χ3n) is 2.42. The molecule has 0 bridgehead atoms. The highest BCUT2D eigenvalue weighted by Gasteiger charge is 2.10. The summed E-state index contributed by atoms with van der Waals surface area (Å²) in [6.45, 7) is 0. The fourth-order valence-corrected chi connectivity index (χ4v) is 2.10. The maximum absolute atomic E-state index is 12.1. The quantitative estimate of drug-likeness (QED) is 0.835. The Morgan fingerprint density at radius 1 is 1.33 bits per heavy atom. The van der Waals surface area contributed by atoms with Crippen LogP contribution in [0, 0.1) is 3.57 Å². The zero-order valence-electron chi connectivity index (χ0n) is 9.77. The summed E-state index contributed by atoms with van der Waals surface area (Å²) in [5, 5.41) is 5.81. The van der Waals surface area contributed by atoms with Crippen LogP contribution in [-0.2, 0) is 0 Å². The Morgan fingerprint density at radius 3 is 2.89 bits per heavy atom. The molecule has 0 saturated heterocycles. The number of amides is 1. The Morgan fingerprint density at radius 2 is 2.17 bits per heavy atom. The fraction of sp³-hybridized carbons (Fsp3) is 0.0769. The average Bonchev–Trinajstić information content (AvgIpc) is 2.38. The van der Waals surface area contributed by atoms with E-state index in [0.29, 0.717) is 11.3 Å². The minimum absolute atomic E-state index is 0.149. The minimum atomic E-state index is -0.149. The second-order valence-corrected chi connectivity index (χ2v) is 4.88. The number of anilines is 2. The second-order valence-electron chi connectivity index (χ2n) is 3.64. The van der Waals surface area contributed by atoms with Crippen LogP contribution in [0.4, 0.5) is 11.4 Å². The average molecular weight is 353 g/mol. The molecule has 0 spiro atoms. The van der Waals surface area contributed by atoms with Gasteiger partial charge in [-0.15, -0.1) is 0 Å². The lowest BCUT2D eigenvalue weighted by Crippen LogP contribution is -2.14. The van der Waals surface area contributed by atoms with Crippen molar-refractivity contribution in [2.45, 2.75) is 0 Å². The Bertz CT molecular complexity index is 572. The molecule has 0 fully saturated rings. The van der Waals surface area contributed by atoms with E-state index in [0.717, 1.165) is 9.26 Å². The number of carbonyl (C=O) groups excluding carboxylic acids is 1. The fourth-order valence-electron chi connectivity index (χ4n) is 1.56. The number of nitrogens with one attached hydrogen (secondary N) is 2. The van der Waals surface area contributed by atoms with Crippen LogP contribution in [0.3, 0.4) is 0 Å². The van der Waals surface area contributed by atoms with Crippen LogP contribution in [0.25, 0.3) is 0 Å². The molecule has 1 aromatic heterocycles. The smallest absolute Gasteiger partial charge is 0.257 e. The molecule has 0 saturated carbocycles. The first kappa shape index (κ1) is 12.8. The van der Waals surface area contributed by atoms with Crippen molar-refractivity contribution in [3.8, 4) is 0 Å². The molecule has 0 aliphatic carbocycles. The van der Waals surface area contributed by atoms with Gasteiger partial charge in [0, 0.05) is 22.5 Å². The Kier molecular flexibility index (Phi) is 4.14. The van der Waals surface area contributed by atoms with Gasteiger partial charge in [0.1, 0.15) is 0 Å². The lowest BCUT2D eigenvalue weighted by atomic mass is 10.2. The minimum Gasteiger partial charge on any atom is -0.386 e. The SMILES string of the molecule is CNc1cnccc1C(=O)Nc1cccc(I)c1. The van der Waals surface area contributed by atoms with Crippen molar-refractivity contribution >= 4 is 39.9 Å². The molecule has 2 N–H and O–H groups in total. The van der Waals surface area contributed by atoms with E-state index in [4.69, 9.17) is 0 Å². The van der Waals surface area contributed by atoms with Crippen LogP contribution in [0.15, 0.2) is 42.7 Å². The van der Waals surface area contributed by atoms with Crippen LogP contribution in [-0.4, -0.2) is 17.9 Å². The van der Waals surface area contributed by atoms with Crippen LogP contribution in [0.1, 0.15) is 10.4 Å². The first-order valence-corrected chi connectivity index (χ1v) is 6.47. The number of nitrogens with zero attached hydrogens (tertiary/aromatic N) is 1. The normalized spacial score (nSPS) is 9.89. The molecule has 0 radical (unpaired) electrons. The van der Waals surface area contributed by atoms with Gasteiger partial charge >= 0.3 is 0 Å². The lowest BCUT2D eigenvalue weighted by molar-refractivity contribution is 0.102. The summed E-state index contributed by atoms with van der Waals surface area (Å²) >= 11 is 2.21. The zero-order chi connectivity index (χ0) is 13.0. The molecular weight excluding hydrogens is 341 g/mol. The molecule has 2 rings (SSSR count). The number of halogens is 1. The summed E-state index contributed by atoms with van der Waals surface area (Å²) in [6.07, 6.45) is 3.23. The van der Waals surface area contributed by atoms with Gasteiger partial charge in [0.25, 0.3) is 5.91 Å². The topological polar surface area (TPSA) is 54.0 Å². The number of rotatable bonds is 3. The van der Waals surface area contributed by atoms with Gasteiger partial charge in [-0.1, -0.05) is 6.07 Å². The van der Waals surface area contributed by atoms with E-state index in [2.05, 4.69) is 38.2 Å². The molecule has 4 nitrogen and oxygen atoms in total. The predicted octanol–water partition coefficient (Wildman–Crippen LogP) is 2.98. The number of hydrogen-bond donors (Lipinski definition) is 2. The summed E-state index contributed by atoms with van der Waals surface area (Å²) < 4.78 is 1.08. The van der Waals surface area contributed by atoms with E-state index in [1.54, 1.807) is 25.5 Å². The molecule has 0 aliphatic heterocycles. The zero-order valence-corrected chi connectivity index (χ0v) is 11.9. The highest BCUT2D eigenvalue weighted by molar-refractivity contribution is 14.1. The van der Waals surface area contributed by atoms with E-state index < -0.39 is 0 Å². The first-order chi connectivity index (χ1) is 8.70. The summed E-state index contributed by atoms with van der Waals surface area (Å²) in [5.74, 6) is -0.149. The number of aromatic nitrogens is 1. The molecule has 0 aliphatic rings. The third kappa shape index (κ3) is 2.98. The van der Waals surface area contributed by atoms with E-state index in [1.165, 1.54) is 0 Å². The molecule has 0 atom stereocenters. The molecular formula is C13H12IN3O. The largest absolute Gasteiger partial charge is 0.386 e. The molecule has 1 aromatic carbocycles. The van der Waals surface area contributed by atoms with Gasteiger partial charge in [-0.25, -0.2) is 0 Å². The number of pyridine rings is 1. The highest BCUT2D eigenvalue weighted by Crippen LogP contribution is 2.17. The van der Waals surface area contributed by atoms with Gasteiger partial charge in [-0.2, -0.15) is 0 Å². The van der Waals surface area contributed by atoms with Crippen molar-refractivity contribution in [1.29, 1.82) is 0 Å². The van der Waals surface area contributed by atoms with Crippen molar-refractivity contribution in [2.24, 2.45) is 0 Å². The van der Waals surface area contributed by atoms with Gasteiger partial charge in [0.05, 0.1) is 17.4 Å². The van der Waals surface area contributed by atoms with Gasteiger partial charge in [-0.3, -0.25) is 9.78 Å². The number of hydrogen-bond acceptors (Lipinski definition) is 3. The molecule has 18 heavy (non-hydrogen) atoms. The molecule has 1 heterocycles. The summed E-state index contributed by atoms with van der Waals surface area (Å²) in [4.78, 5) is 16.1.